The molecule has 4 fully saturated rings. The van der Waals surface area contributed by atoms with Crippen molar-refractivity contribution in [1.29, 1.82) is 5.26 Å². The Morgan fingerprint density at radius 3 is 2.24 bits per heavy atom. The first kappa shape index (κ1) is 38.8. The van der Waals surface area contributed by atoms with Gasteiger partial charge in [0.25, 0.3) is 17.7 Å². The van der Waals surface area contributed by atoms with Crippen molar-refractivity contribution in [3.8, 4) is 6.07 Å². The van der Waals surface area contributed by atoms with Gasteiger partial charge in [-0.1, -0.05) is 11.6 Å². The third kappa shape index (κ3) is 7.14. The molecule has 0 aliphatic carbocycles. The smallest absolute Gasteiger partial charge is 0.262 e. The molecule has 6 aliphatic rings. The molecule has 304 valence electrons. The number of ketones is 1. The second kappa shape index (κ2) is 15.2. The fourth-order valence-electron chi connectivity index (χ4n) is 10.2. The first-order chi connectivity index (χ1) is 28.4. The quantitative estimate of drug-likeness (QED) is 0.337. The Labute approximate surface area is 347 Å². The van der Waals surface area contributed by atoms with Gasteiger partial charge in [-0.2, -0.15) is 5.26 Å². The van der Waals surface area contributed by atoms with Gasteiger partial charge >= 0.3 is 0 Å². The van der Waals surface area contributed by atoms with Gasteiger partial charge in [-0.25, -0.2) is 4.98 Å². The van der Waals surface area contributed by atoms with Crippen LogP contribution in [0.1, 0.15) is 99.6 Å². The summed E-state index contributed by atoms with van der Waals surface area (Å²) in [5, 5.41) is 12.0. The van der Waals surface area contributed by atoms with Crippen LogP contribution in [0.25, 0.3) is 0 Å². The lowest BCUT2D eigenvalue weighted by molar-refractivity contribution is -0.136. The normalized spacial score (nSPS) is 23.1. The highest BCUT2D eigenvalue weighted by Gasteiger charge is 2.46. The van der Waals surface area contributed by atoms with Crippen LogP contribution in [0.3, 0.4) is 0 Å². The molecule has 2 atom stereocenters. The van der Waals surface area contributed by atoms with E-state index in [4.69, 9.17) is 16.6 Å². The first-order valence-electron chi connectivity index (χ1n) is 20.5. The zero-order valence-corrected chi connectivity index (χ0v) is 33.7. The molecule has 9 rings (SSSR count). The minimum Gasteiger partial charge on any atom is -0.368 e. The van der Waals surface area contributed by atoms with Crippen molar-refractivity contribution in [3.05, 3.63) is 87.1 Å². The highest BCUT2D eigenvalue weighted by molar-refractivity contribution is 6.32. The lowest BCUT2D eigenvalue weighted by Crippen LogP contribution is -2.54. The Balaban J connectivity index is 0.739. The van der Waals surface area contributed by atoms with Gasteiger partial charge in [0.2, 0.25) is 11.8 Å². The molecule has 14 nitrogen and oxygen atoms in total. The van der Waals surface area contributed by atoms with Gasteiger partial charge in [0, 0.05) is 76.1 Å². The van der Waals surface area contributed by atoms with Gasteiger partial charge in [-0.05, 0) is 104 Å². The number of fused-ring (bicyclic) bond motifs is 2. The number of piperidine rings is 3. The Bertz CT molecular complexity index is 2280. The number of Topliss-reactive ketones (excluding diaryl/α,β-unsaturated/α-hetero) is 1. The zero-order valence-electron chi connectivity index (χ0n) is 32.9. The molecule has 59 heavy (non-hydrogen) atoms. The minimum atomic E-state index is -1.01. The molecule has 3 aromatic rings. The lowest BCUT2D eigenvalue weighted by atomic mass is 9.77. The molecule has 5 amide bonds. The predicted octanol–water partition coefficient (Wildman–Crippen LogP) is 4.33. The fraction of sp³-hybridized carbons (Fsp3) is 0.455. The molecular weight excluding hydrogens is 772 g/mol. The zero-order chi connectivity index (χ0) is 41.2. The summed E-state index contributed by atoms with van der Waals surface area (Å²) in [5.74, 6) is -1.42. The lowest BCUT2D eigenvalue weighted by Gasteiger charge is -2.40. The Morgan fingerprint density at radius 2 is 1.63 bits per heavy atom. The minimum absolute atomic E-state index is 0.0614. The number of nitrogens with zero attached hydrogens (tertiary/aromatic N) is 7. The van der Waals surface area contributed by atoms with E-state index in [-0.39, 0.29) is 53.5 Å². The number of pyridine rings is 1. The number of likely N-dealkylation sites (tertiary alicyclic amines) is 1. The van der Waals surface area contributed by atoms with Crippen LogP contribution < -0.4 is 15.1 Å². The Morgan fingerprint density at radius 1 is 0.932 bits per heavy atom. The van der Waals surface area contributed by atoms with Crippen molar-refractivity contribution in [1.82, 2.24) is 25.0 Å². The number of benzene rings is 2. The number of nitriles is 1. The van der Waals surface area contributed by atoms with E-state index in [2.05, 4.69) is 28.1 Å². The number of amides is 5. The first-order valence-corrected chi connectivity index (χ1v) is 20.9. The molecule has 7 heterocycles. The van der Waals surface area contributed by atoms with Gasteiger partial charge in [0.15, 0.2) is 0 Å². The van der Waals surface area contributed by atoms with Gasteiger partial charge < -0.3 is 14.7 Å². The number of halogens is 1. The second-order valence-corrected chi connectivity index (χ2v) is 17.5. The SMILES string of the molecule is C[C@H]1CC2(CCN(c3ccc(C(=O)N4CCC(C(=O)CN5Cc6cc7c(cc6C5)C(=O)N(C5CCC(=O)NC5=O)C7=O)CC4)cn3)CC2)CN1c1ccc(C#N)c(Cl)c1. The van der Waals surface area contributed by atoms with E-state index in [1.807, 2.05) is 29.2 Å². The number of carbonyl (C=O) groups is 6. The summed E-state index contributed by atoms with van der Waals surface area (Å²) in [6.45, 7) is 7.08. The summed E-state index contributed by atoms with van der Waals surface area (Å²) >= 11 is 6.36. The summed E-state index contributed by atoms with van der Waals surface area (Å²) in [7, 11) is 0. The van der Waals surface area contributed by atoms with Gasteiger partial charge in [0.1, 0.15) is 23.7 Å². The summed E-state index contributed by atoms with van der Waals surface area (Å²) in [6.07, 6.45) is 6.16. The Kier molecular flexibility index (Phi) is 10.00. The Hall–Kier alpha value is -5.65. The van der Waals surface area contributed by atoms with Crippen molar-refractivity contribution in [2.75, 3.05) is 49.1 Å². The van der Waals surface area contributed by atoms with E-state index < -0.39 is 29.7 Å². The number of hydrogen-bond acceptors (Lipinski definition) is 11. The van der Waals surface area contributed by atoms with Crippen LogP contribution in [0, 0.1) is 22.7 Å². The summed E-state index contributed by atoms with van der Waals surface area (Å²) in [6, 6.07) is 14.4. The molecular formula is C44H45ClN8O6. The van der Waals surface area contributed by atoms with Crippen LogP contribution in [0.4, 0.5) is 11.5 Å². The second-order valence-electron chi connectivity index (χ2n) is 17.1. The number of imide groups is 2. The standard InChI is InChI=1S/C44H45ClN8O6/c1-26-19-44(25-52(26)32-4-2-28(20-46)35(45)18-32)10-14-50(15-11-44)38-6-3-29(21-47-38)41(57)51-12-8-27(9-13-51)37(54)24-49-22-30-16-33-34(17-31(30)23-49)43(59)53(42(33)58)36-5-7-39(55)48-40(36)56/h2-4,6,16-18,21,26-27,36H,5,7-15,19,22-25H2,1H3,(H,48,55,56)/t26-,36?/m0/s1. The van der Waals surface area contributed by atoms with E-state index in [1.165, 1.54) is 0 Å². The maximum Gasteiger partial charge on any atom is 0.262 e. The molecule has 1 spiro atoms. The fourth-order valence-corrected chi connectivity index (χ4v) is 10.4. The molecule has 4 saturated heterocycles. The van der Waals surface area contributed by atoms with Gasteiger partial charge in [-0.3, -0.25) is 43.9 Å². The average Bonchev–Trinajstić information content (AvgIpc) is 3.86. The van der Waals surface area contributed by atoms with Gasteiger partial charge in [-0.15, -0.1) is 0 Å². The van der Waals surface area contributed by atoms with Gasteiger partial charge in [0.05, 0.1) is 33.8 Å². The molecule has 1 unspecified atom stereocenters. The number of rotatable bonds is 7. The highest BCUT2D eigenvalue weighted by atomic mass is 35.5. The number of hydrogen-bond donors (Lipinski definition) is 1. The molecule has 6 aliphatic heterocycles. The molecule has 0 saturated carbocycles. The predicted molar refractivity (Wildman–Crippen MR) is 217 cm³/mol. The van der Waals surface area contributed by atoms with Crippen molar-refractivity contribution >= 4 is 58.4 Å². The van der Waals surface area contributed by atoms with Crippen LogP contribution in [-0.2, 0) is 27.5 Å². The van der Waals surface area contributed by atoms with Crippen molar-refractivity contribution in [3.63, 3.8) is 0 Å². The third-order valence-corrected chi connectivity index (χ3v) is 13.8. The summed E-state index contributed by atoms with van der Waals surface area (Å²) in [4.78, 5) is 91.8. The van der Waals surface area contributed by atoms with E-state index in [9.17, 15) is 34.0 Å². The molecule has 1 N–H and O–H groups in total. The van der Waals surface area contributed by atoms with Crippen molar-refractivity contribution in [2.24, 2.45) is 11.3 Å². The van der Waals surface area contributed by atoms with Crippen LogP contribution in [-0.4, -0.2) is 106 Å². The molecule has 0 radical (unpaired) electrons. The van der Waals surface area contributed by atoms with Crippen LogP contribution in [0.5, 0.6) is 0 Å². The average molecular weight is 817 g/mol. The maximum absolute atomic E-state index is 13.5. The summed E-state index contributed by atoms with van der Waals surface area (Å²) in [5.41, 5.74) is 4.51. The van der Waals surface area contributed by atoms with Crippen molar-refractivity contribution in [2.45, 2.75) is 77.0 Å². The van der Waals surface area contributed by atoms with Crippen LogP contribution in [0.2, 0.25) is 5.02 Å². The monoisotopic (exact) mass is 816 g/mol. The van der Waals surface area contributed by atoms with E-state index in [0.29, 0.717) is 61.2 Å². The third-order valence-electron chi connectivity index (χ3n) is 13.5. The largest absolute Gasteiger partial charge is 0.368 e. The topological polar surface area (TPSA) is 167 Å². The van der Waals surface area contributed by atoms with Crippen LogP contribution >= 0.6 is 11.6 Å². The highest BCUT2D eigenvalue weighted by Crippen LogP contribution is 2.46. The number of aromatic nitrogens is 1. The van der Waals surface area contributed by atoms with Crippen LogP contribution in [0.15, 0.2) is 48.7 Å². The summed E-state index contributed by atoms with van der Waals surface area (Å²) < 4.78 is 0. The number of anilines is 2. The molecule has 2 aromatic carbocycles. The van der Waals surface area contributed by atoms with Crippen molar-refractivity contribution < 1.29 is 28.8 Å². The van der Waals surface area contributed by atoms with E-state index in [1.54, 1.807) is 29.3 Å². The molecule has 15 heteroatoms. The van der Waals surface area contributed by atoms with E-state index in [0.717, 1.165) is 66.4 Å². The van der Waals surface area contributed by atoms with E-state index >= 15 is 0 Å². The molecule has 0 bridgehead atoms. The molecule has 1 aromatic heterocycles. The maximum atomic E-state index is 13.5. The number of nitrogens with one attached hydrogen (secondary N) is 1. The number of carbonyl (C=O) groups excluding carboxylic acids is 6.